The Balaban J connectivity index is 1.48. The van der Waals surface area contributed by atoms with Crippen molar-refractivity contribution in [3.05, 3.63) is 54.7 Å². The van der Waals surface area contributed by atoms with Crippen LogP contribution in [0.2, 0.25) is 0 Å². The van der Waals surface area contributed by atoms with Crippen molar-refractivity contribution >= 4 is 27.8 Å². The van der Waals surface area contributed by atoms with Gasteiger partial charge in [-0.05, 0) is 12.1 Å². The molecule has 0 saturated heterocycles. The van der Waals surface area contributed by atoms with Crippen LogP contribution in [0.5, 0.6) is 0 Å². The Morgan fingerprint density at radius 3 is 3.04 bits per heavy atom. The van der Waals surface area contributed by atoms with Crippen molar-refractivity contribution in [3.8, 4) is 11.8 Å². The number of hydrogen-bond acceptors (Lipinski definition) is 5. The average Bonchev–Trinajstić information content (AvgIpc) is 3.28. The molecule has 4 aromatic rings. The van der Waals surface area contributed by atoms with Gasteiger partial charge >= 0.3 is 0 Å². The van der Waals surface area contributed by atoms with Crippen molar-refractivity contribution < 1.29 is 9.15 Å². The Bertz CT molecular complexity index is 1070. The van der Waals surface area contributed by atoms with Crippen molar-refractivity contribution in [2.24, 2.45) is 0 Å². The number of furan rings is 1. The number of anilines is 1. The fraction of sp³-hybridized carbons (Fsp3) is 0.158. The number of fused-ring (bicyclic) bond motifs is 3. The van der Waals surface area contributed by atoms with Gasteiger partial charge in [-0.25, -0.2) is 9.97 Å². The topological polar surface area (TPSA) is 79.1 Å². The summed E-state index contributed by atoms with van der Waals surface area (Å²) in [6, 6.07) is 9.72. The summed E-state index contributed by atoms with van der Waals surface area (Å²) in [5.74, 6) is 6.37. The van der Waals surface area contributed by atoms with Crippen LogP contribution >= 0.6 is 0 Å². The van der Waals surface area contributed by atoms with Crippen LogP contribution in [0.15, 0.2) is 53.6 Å². The minimum absolute atomic E-state index is 0.363. The molecule has 0 radical (unpaired) electrons. The number of para-hydroxylation sites is 1. The molecule has 0 atom stereocenters. The Hall–Kier alpha value is -3.30. The highest BCUT2D eigenvalue weighted by atomic mass is 16.5. The summed E-state index contributed by atoms with van der Waals surface area (Å²) in [5, 5.41) is 1.03. The van der Waals surface area contributed by atoms with Gasteiger partial charge in [0.25, 0.3) is 0 Å². The number of imidazole rings is 1. The van der Waals surface area contributed by atoms with E-state index in [1.165, 1.54) is 0 Å². The molecule has 0 aliphatic heterocycles. The zero-order chi connectivity index (χ0) is 17.1. The van der Waals surface area contributed by atoms with Crippen molar-refractivity contribution in [2.45, 2.75) is 6.54 Å². The summed E-state index contributed by atoms with van der Waals surface area (Å²) >= 11 is 0. The van der Waals surface area contributed by atoms with Crippen LogP contribution in [0.1, 0.15) is 5.56 Å². The van der Waals surface area contributed by atoms with E-state index in [9.17, 15) is 0 Å². The second kappa shape index (κ2) is 6.67. The maximum atomic E-state index is 6.03. The molecule has 0 aliphatic carbocycles. The molecule has 0 unspecified atom stereocenters. The van der Waals surface area contributed by atoms with E-state index in [2.05, 4.69) is 21.8 Å². The average molecular weight is 332 g/mol. The second-order valence-electron chi connectivity index (χ2n) is 5.52. The zero-order valence-corrected chi connectivity index (χ0v) is 13.5. The van der Waals surface area contributed by atoms with Crippen LogP contribution in [-0.2, 0) is 11.3 Å². The van der Waals surface area contributed by atoms with Crippen LogP contribution in [0.4, 0.5) is 5.82 Å². The van der Waals surface area contributed by atoms with E-state index in [1.54, 1.807) is 18.9 Å². The van der Waals surface area contributed by atoms with Crippen LogP contribution in [0.3, 0.4) is 0 Å². The lowest BCUT2D eigenvalue weighted by atomic mass is 10.2. The summed E-state index contributed by atoms with van der Waals surface area (Å²) in [7, 11) is 0. The molecule has 4 rings (SSSR count). The van der Waals surface area contributed by atoms with Gasteiger partial charge in [0.05, 0.1) is 35.8 Å². The Morgan fingerprint density at radius 1 is 1.24 bits per heavy atom. The number of pyridine rings is 1. The van der Waals surface area contributed by atoms with E-state index in [0.29, 0.717) is 25.6 Å². The molecule has 0 bridgehead atoms. The van der Waals surface area contributed by atoms with Crippen LogP contribution in [0.25, 0.3) is 21.9 Å². The van der Waals surface area contributed by atoms with Gasteiger partial charge in [-0.3, -0.25) is 0 Å². The van der Waals surface area contributed by atoms with Crippen LogP contribution < -0.4 is 5.73 Å². The van der Waals surface area contributed by atoms with Crippen LogP contribution in [-0.4, -0.2) is 27.7 Å². The van der Waals surface area contributed by atoms with Gasteiger partial charge in [0.1, 0.15) is 18.4 Å². The molecule has 0 spiro atoms. The van der Waals surface area contributed by atoms with E-state index in [4.69, 9.17) is 14.9 Å². The molecule has 1 aromatic carbocycles. The van der Waals surface area contributed by atoms with Gasteiger partial charge in [-0.15, -0.1) is 0 Å². The smallest absolute Gasteiger partial charge is 0.152 e. The molecule has 3 aromatic heterocycles. The third kappa shape index (κ3) is 3.05. The molecule has 124 valence electrons. The molecule has 6 nitrogen and oxygen atoms in total. The third-order valence-corrected chi connectivity index (χ3v) is 3.89. The molecule has 6 heteroatoms. The highest BCUT2D eigenvalue weighted by molar-refractivity contribution is 6.06. The first-order valence-electron chi connectivity index (χ1n) is 7.91. The van der Waals surface area contributed by atoms with Crippen molar-refractivity contribution in [1.82, 2.24) is 14.5 Å². The summed E-state index contributed by atoms with van der Waals surface area (Å²) < 4.78 is 12.6. The second-order valence-corrected chi connectivity index (χ2v) is 5.52. The highest BCUT2D eigenvalue weighted by Gasteiger charge is 2.11. The van der Waals surface area contributed by atoms with Gasteiger partial charge < -0.3 is 19.5 Å². The molecule has 25 heavy (non-hydrogen) atoms. The van der Waals surface area contributed by atoms with E-state index in [-0.39, 0.29) is 0 Å². The van der Waals surface area contributed by atoms with E-state index in [0.717, 1.165) is 27.5 Å². The van der Waals surface area contributed by atoms with Gasteiger partial charge in [0.15, 0.2) is 5.82 Å². The number of hydrogen-bond donors (Lipinski definition) is 1. The minimum atomic E-state index is 0.363. The summed E-state index contributed by atoms with van der Waals surface area (Å²) in [6.07, 6.45) is 4.98. The summed E-state index contributed by atoms with van der Waals surface area (Å²) in [5.41, 5.74) is 9.44. The van der Waals surface area contributed by atoms with Gasteiger partial charge in [-0.2, -0.15) is 0 Å². The van der Waals surface area contributed by atoms with E-state index >= 15 is 0 Å². The predicted octanol–water partition coefficient (Wildman–Crippen LogP) is 2.83. The largest absolute Gasteiger partial charge is 0.471 e. The van der Waals surface area contributed by atoms with Gasteiger partial charge in [-0.1, -0.05) is 30.0 Å². The van der Waals surface area contributed by atoms with Crippen molar-refractivity contribution in [3.63, 3.8) is 0 Å². The lowest BCUT2D eigenvalue weighted by Crippen LogP contribution is -2.06. The monoisotopic (exact) mass is 332 g/mol. The molecule has 0 amide bonds. The SMILES string of the molecule is Nc1nc2ccccc2c2c1ncn2CCOCC#Cc1ccoc1. The lowest BCUT2D eigenvalue weighted by Gasteiger charge is -2.07. The Kier molecular flexibility index (Phi) is 4.07. The lowest BCUT2D eigenvalue weighted by molar-refractivity contribution is 0.158. The summed E-state index contributed by atoms with van der Waals surface area (Å²) in [6.45, 7) is 1.56. The number of nitrogens with two attached hydrogens (primary N) is 1. The zero-order valence-electron chi connectivity index (χ0n) is 13.5. The standard InChI is InChI=1S/C19H16N4O2/c20-19-17-18(15-5-1-2-6-16(15)22-19)23(13-21-17)8-11-24-9-3-4-14-7-10-25-12-14/h1-2,5-7,10,12-13H,8-9,11H2,(H2,20,22). The number of aromatic nitrogens is 3. The van der Waals surface area contributed by atoms with Gasteiger partial charge in [0.2, 0.25) is 0 Å². The third-order valence-electron chi connectivity index (χ3n) is 3.89. The predicted molar refractivity (Wildman–Crippen MR) is 95.9 cm³/mol. The maximum Gasteiger partial charge on any atom is 0.152 e. The molecular weight excluding hydrogens is 316 g/mol. The first kappa shape index (κ1) is 15.2. The fourth-order valence-corrected chi connectivity index (χ4v) is 2.74. The number of benzene rings is 1. The first-order chi connectivity index (χ1) is 12.3. The molecule has 0 fully saturated rings. The number of nitrogen functional groups attached to an aromatic ring is 1. The normalized spacial score (nSPS) is 10.9. The fourth-order valence-electron chi connectivity index (χ4n) is 2.74. The Morgan fingerprint density at radius 2 is 2.16 bits per heavy atom. The number of ether oxygens (including phenoxy) is 1. The quantitative estimate of drug-likeness (QED) is 0.459. The highest BCUT2D eigenvalue weighted by Crippen LogP contribution is 2.26. The van der Waals surface area contributed by atoms with E-state index in [1.807, 2.05) is 34.9 Å². The van der Waals surface area contributed by atoms with Crippen molar-refractivity contribution in [2.75, 3.05) is 18.9 Å². The van der Waals surface area contributed by atoms with Crippen molar-refractivity contribution in [1.29, 1.82) is 0 Å². The first-order valence-corrected chi connectivity index (χ1v) is 7.91. The number of nitrogens with zero attached hydrogens (tertiary/aromatic N) is 3. The molecule has 3 heterocycles. The van der Waals surface area contributed by atoms with E-state index < -0.39 is 0 Å². The Labute approximate surface area is 144 Å². The molecular formula is C19H16N4O2. The summed E-state index contributed by atoms with van der Waals surface area (Å²) in [4.78, 5) is 8.81. The van der Waals surface area contributed by atoms with Crippen LogP contribution in [0, 0.1) is 11.8 Å². The molecule has 0 saturated carbocycles. The number of rotatable bonds is 4. The van der Waals surface area contributed by atoms with Gasteiger partial charge in [0, 0.05) is 11.9 Å². The maximum absolute atomic E-state index is 6.03. The molecule has 0 aliphatic rings. The minimum Gasteiger partial charge on any atom is -0.471 e. The molecule has 2 N–H and O–H groups in total.